The van der Waals surface area contributed by atoms with Crippen molar-refractivity contribution in [2.75, 3.05) is 6.61 Å². The molecule has 0 amide bonds. The summed E-state index contributed by atoms with van der Waals surface area (Å²) >= 11 is 0. The highest BCUT2D eigenvalue weighted by Gasteiger charge is 2.39. The maximum absolute atomic E-state index is 12.8. The molecule has 4 nitrogen and oxygen atoms in total. The molecule has 1 atom stereocenters. The number of rotatable bonds is 7. The topological polar surface area (TPSA) is 44.1 Å². The molecule has 0 spiro atoms. The van der Waals surface area contributed by atoms with Gasteiger partial charge < -0.3 is 4.74 Å². The van der Waals surface area contributed by atoms with Gasteiger partial charge in [-0.3, -0.25) is 9.48 Å². The largest absolute Gasteiger partial charge is 0.367 e. The molecule has 0 saturated heterocycles. The molecule has 0 radical (unpaired) electrons. The molecule has 1 heterocycles. The Morgan fingerprint density at radius 3 is 2.71 bits per heavy atom. The maximum Gasteiger partial charge on any atom is 0.170 e. The highest BCUT2D eigenvalue weighted by atomic mass is 16.5. The van der Waals surface area contributed by atoms with E-state index in [1.165, 1.54) is 6.42 Å². The van der Waals surface area contributed by atoms with Crippen molar-refractivity contribution in [2.45, 2.75) is 77.4 Å². The van der Waals surface area contributed by atoms with Crippen LogP contribution in [0.15, 0.2) is 12.3 Å². The average Bonchev–Trinajstić information content (AvgIpc) is 2.96. The Morgan fingerprint density at radius 2 is 2.10 bits per heavy atom. The van der Waals surface area contributed by atoms with Crippen molar-refractivity contribution in [3.63, 3.8) is 0 Å². The highest BCUT2D eigenvalue weighted by molar-refractivity contribution is 5.89. The summed E-state index contributed by atoms with van der Waals surface area (Å²) in [6.07, 6.45) is 8.54. The molecular weight excluding hydrogens is 264 g/mol. The molecule has 0 aromatic carbocycles. The number of nitrogens with zero attached hydrogens (tertiary/aromatic N) is 2. The van der Waals surface area contributed by atoms with Gasteiger partial charge in [-0.1, -0.05) is 26.2 Å². The second-order valence-electron chi connectivity index (χ2n) is 6.13. The van der Waals surface area contributed by atoms with Gasteiger partial charge in [0.1, 0.15) is 5.60 Å². The quantitative estimate of drug-likeness (QED) is 0.769. The third-order valence-corrected chi connectivity index (χ3v) is 4.64. The van der Waals surface area contributed by atoms with E-state index in [0.717, 1.165) is 37.8 Å². The molecule has 0 bridgehead atoms. The van der Waals surface area contributed by atoms with Gasteiger partial charge in [0, 0.05) is 18.8 Å². The Balaban J connectivity index is 2.06. The fraction of sp³-hybridized carbons (Fsp3) is 0.765. The Hall–Kier alpha value is -1.16. The van der Waals surface area contributed by atoms with E-state index in [-0.39, 0.29) is 5.78 Å². The normalized spacial score (nSPS) is 19.4. The zero-order valence-electron chi connectivity index (χ0n) is 13.6. The fourth-order valence-corrected chi connectivity index (χ4v) is 3.13. The lowest BCUT2D eigenvalue weighted by Gasteiger charge is -2.35. The number of Topliss-reactive ketones (excluding diaryl/α,β-unsaturated/α-hetero) is 1. The van der Waals surface area contributed by atoms with Crippen LogP contribution in [0, 0.1) is 0 Å². The van der Waals surface area contributed by atoms with Crippen LogP contribution in [0.5, 0.6) is 0 Å². The summed E-state index contributed by atoms with van der Waals surface area (Å²) in [6.45, 7) is 6.86. The van der Waals surface area contributed by atoms with E-state index >= 15 is 0 Å². The van der Waals surface area contributed by atoms with E-state index in [1.807, 2.05) is 23.9 Å². The fourth-order valence-electron chi connectivity index (χ4n) is 3.13. The van der Waals surface area contributed by atoms with Gasteiger partial charge >= 0.3 is 0 Å². The predicted molar refractivity (Wildman–Crippen MR) is 83.4 cm³/mol. The molecule has 118 valence electrons. The first-order valence-corrected chi connectivity index (χ1v) is 8.32. The summed E-state index contributed by atoms with van der Waals surface area (Å²) in [5.74, 6) is 0.207. The number of hydrogen-bond acceptors (Lipinski definition) is 3. The predicted octanol–water partition coefficient (Wildman–Crippen LogP) is 3.71. The van der Waals surface area contributed by atoms with E-state index in [1.54, 1.807) is 0 Å². The van der Waals surface area contributed by atoms with Crippen molar-refractivity contribution >= 4 is 5.78 Å². The van der Waals surface area contributed by atoms with E-state index < -0.39 is 5.60 Å². The minimum absolute atomic E-state index is 0.207. The van der Waals surface area contributed by atoms with Gasteiger partial charge in [-0.05, 0) is 39.2 Å². The molecule has 21 heavy (non-hydrogen) atoms. The van der Waals surface area contributed by atoms with Crippen molar-refractivity contribution in [2.24, 2.45) is 0 Å². The number of carbonyl (C=O) groups is 1. The average molecular weight is 292 g/mol. The monoisotopic (exact) mass is 292 g/mol. The molecule has 0 N–H and O–H groups in total. The second-order valence-corrected chi connectivity index (χ2v) is 6.13. The SMILES string of the molecule is CCOC1(C(=O)Cc2ccn(C(C)CC)n2)CCCCC1. The number of hydrogen-bond donors (Lipinski definition) is 0. The molecule has 1 aromatic heterocycles. The minimum Gasteiger partial charge on any atom is -0.367 e. The first kappa shape index (κ1) is 16.2. The van der Waals surface area contributed by atoms with Gasteiger partial charge in [0.05, 0.1) is 12.1 Å². The molecule has 1 fully saturated rings. The molecule has 1 unspecified atom stereocenters. The maximum atomic E-state index is 12.8. The zero-order valence-corrected chi connectivity index (χ0v) is 13.6. The molecule has 4 heteroatoms. The summed E-state index contributed by atoms with van der Waals surface area (Å²) in [7, 11) is 0. The van der Waals surface area contributed by atoms with Crippen LogP contribution < -0.4 is 0 Å². The molecule has 2 rings (SSSR count). The van der Waals surface area contributed by atoms with E-state index in [2.05, 4.69) is 18.9 Å². The van der Waals surface area contributed by atoms with Gasteiger partial charge in [-0.15, -0.1) is 0 Å². The van der Waals surface area contributed by atoms with E-state index in [0.29, 0.717) is 19.1 Å². The number of ketones is 1. The molecule has 0 aliphatic heterocycles. The summed E-state index contributed by atoms with van der Waals surface area (Å²) in [5, 5.41) is 4.55. The minimum atomic E-state index is -0.548. The van der Waals surface area contributed by atoms with Crippen LogP contribution in [-0.2, 0) is 16.0 Å². The second kappa shape index (κ2) is 7.21. The molecular formula is C17H28N2O2. The Bertz CT molecular complexity index is 456. The van der Waals surface area contributed by atoms with Gasteiger partial charge in [0.2, 0.25) is 0 Å². The van der Waals surface area contributed by atoms with Crippen molar-refractivity contribution in [1.82, 2.24) is 9.78 Å². The summed E-state index contributed by atoms with van der Waals surface area (Å²) in [5.41, 5.74) is 0.317. The number of ether oxygens (including phenoxy) is 1. The lowest BCUT2D eigenvalue weighted by Crippen LogP contribution is -2.44. The molecule has 1 aromatic rings. The number of carbonyl (C=O) groups excluding carboxylic acids is 1. The van der Waals surface area contributed by atoms with Gasteiger partial charge in [0.15, 0.2) is 5.78 Å². The van der Waals surface area contributed by atoms with Crippen LogP contribution in [0.1, 0.15) is 71.0 Å². The van der Waals surface area contributed by atoms with Crippen LogP contribution in [0.4, 0.5) is 0 Å². The smallest absolute Gasteiger partial charge is 0.170 e. The third kappa shape index (κ3) is 3.73. The first-order valence-electron chi connectivity index (χ1n) is 8.32. The van der Waals surface area contributed by atoms with E-state index in [4.69, 9.17) is 4.74 Å². The van der Waals surface area contributed by atoms with Crippen LogP contribution >= 0.6 is 0 Å². The summed E-state index contributed by atoms with van der Waals surface area (Å²) in [6, 6.07) is 2.34. The molecule has 1 saturated carbocycles. The highest BCUT2D eigenvalue weighted by Crippen LogP contribution is 2.33. The molecule has 1 aliphatic carbocycles. The standard InChI is InChI=1S/C17H28N2O2/c1-4-14(3)19-12-9-15(18-19)13-16(20)17(21-5-2)10-7-6-8-11-17/h9,12,14H,4-8,10-11,13H2,1-3H3. The van der Waals surface area contributed by atoms with Crippen molar-refractivity contribution < 1.29 is 9.53 Å². The van der Waals surface area contributed by atoms with Crippen molar-refractivity contribution in [3.8, 4) is 0 Å². The van der Waals surface area contributed by atoms with Crippen LogP contribution in [0.2, 0.25) is 0 Å². The Kier molecular flexibility index (Phi) is 5.57. The Morgan fingerprint density at radius 1 is 1.38 bits per heavy atom. The first-order chi connectivity index (χ1) is 10.1. The van der Waals surface area contributed by atoms with E-state index in [9.17, 15) is 4.79 Å². The van der Waals surface area contributed by atoms with Crippen molar-refractivity contribution in [1.29, 1.82) is 0 Å². The number of aromatic nitrogens is 2. The Labute approximate surface area is 127 Å². The summed E-state index contributed by atoms with van der Waals surface area (Å²) < 4.78 is 7.85. The van der Waals surface area contributed by atoms with Gasteiger partial charge in [0.25, 0.3) is 0 Å². The van der Waals surface area contributed by atoms with Crippen LogP contribution in [-0.4, -0.2) is 27.8 Å². The van der Waals surface area contributed by atoms with Gasteiger partial charge in [-0.2, -0.15) is 5.10 Å². The van der Waals surface area contributed by atoms with Crippen molar-refractivity contribution in [3.05, 3.63) is 18.0 Å². The summed E-state index contributed by atoms with van der Waals surface area (Å²) in [4.78, 5) is 12.8. The van der Waals surface area contributed by atoms with Crippen LogP contribution in [0.3, 0.4) is 0 Å². The lowest BCUT2D eigenvalue weighted by atomic mass is 9.80. The lowest BCUT2D eigenvalue weighted by molar-refractivity contribution is -0.148. The van der Waals surface area contributed by atoms with Crippen LogP contribution in [0.25, 0.3) is 0 Å². The molecule has 1 aliphatic rings. The van der Waals surface area contributed by atoms with Gasteiger partial charge in [-0.25, -0.2) is 0 Å². The third-order valence-electron chi connectivity index (χ3n) is 4.64. The zero-order chi connectivity index (χ0) is 15.3.